The number of rotatable bonds is 4. The molecule has 2 aromatic rings. The fraction of sp³-hybridized carbons (Fsp3) is 0.450. The number of fused-ring (bicyclic) bond motifs is 1. The molecule has 2 atom stereocenters. The molecule has 2 unspecified atom stereocenters. The molecule has 23 heavy (non-hydrogen) atoms. The number of ether oxygens (including phenoxy) is 2. The molecular weight excluding hydrogens is 288 g/mol. The second-order valence-electron chi connectivity index (χ2n) is 7.41. The molecule has 0 heterocycles. The zero-order valence-corrected chi connectivity index (χ0v) is 14.5. The molecule has 3 nitrogen and oxygen atoms in total. The van der Waals surface area contributed by atoms with Crippen LogP contribution in [0.5, 0.6) is 5.75 Å². The summed E-state index contributed by atoms with van der Waals surface area (Å²) in [5.74, 6) is 0.749. The smallest absolute Gasteiger partial charge is 0.312 e. The van der Waals surface area contributed by atoms with Gasteiger partial charge in [0.25, 0.3) is 0 Å². The highest BCUT2D eigenvalue weighted by atomic mass is 16.5. The van der Waals surface area contributed by atoms with Gasteiger partial charge in [0.1, 0.15) is 11.9 Å². The number of hydrogen-bond acceptors (Lipinski definition) is 3. The van der Waals surface area contributed by atoms with Gasteiger partial charge in [-0.2, -0.15) is 0 Å². The van der Waals surface area contributed by atoms with Crippen LogP contribution in [-0.2, 0) is 9.53 Å². The topological polar surface area (TPSA) is 35.5 Å². The molecule has 1 fully saturated rings. The van der Waals surface area contributed by atoms with Crippen molar-refractivity contribution >= 4 is 16.7 Å². The minimum Gasteiger partial charge on any atom is -0.497 e. The third-order valence-corrected chi connectivity index (χ3v) is 5.44. The Morgan fingerprint density at radius 2 is 1.70 bits per heavy atom. The Labute approximate surface area is 137 Å². The van der Waals surface area contributed by atoms with E-state index >= 15 is 0 Å². The largest absolute Gasteiger partial charge is 0.497 e. The lowest BCUT2D eigenvalue weighted by atomic mass is 9.98. The van der Waals surface area contributed by atoms with E-state index < -0.39 is 0 Å². The van der Waals surface area contributed by atoms with Gasteiger partial charge >= 0.3 is 5.97 Å². The summed E-state index contributed by atoms with van der Waals surface area (Å²) < 4.78 is 11.0. The van der Waals surface area contributed by atoms with E-state index in [1.54, 1.807) is 7.11 Å². The monoisotopic (exact) mass is 312 g/mol. The zero-order valence-electron chi connectivity index (χ0n) is 14.5. The first-order valence-corrected chi connectivity index (χ1v) is 8.06. The summed E-state index contributed by atoms with van der Waals surface area (Å²) in [5, 5.41) is 2.23. The van der Waals surface area contributed by atoms with Crippen molar-refractivity contribution in [1.29, 1.82) is 0 Å². The van der Waals surface area contributed by atoms with E-state index in [1.165, 1.54) is 0 Å². The molecule has 1 aliphatic rings. The van der Waals surface area contributed by atoms with Gasteiger partial charge in [0.05, 0.1) is 12.5 Å². The van der Waals surface area contributed by atoms with Crippen molar-refractivity contribution in [2.45, 2.75) is 40.2 Å². The maximum absolute atomic E-state index is 12.4. The van der Waals surface area contributed by atoms with E-state index in [2.05, 4.69) is 19.9 Å². The molecule has 0 aromatic heterocycles. The van der Waals surface area contributed by atoms with Crippen molar-refractivity contribution in [2.75, 3.05) is 7.11 Å². The van der Waals surface area contributed by atoms with Crippen LogP contribution in [0.1, 0.15) is 45.8 Å². The van der Waals surface area contributed by atoms with E-state index in [0.717, 1.165) is 28.5 Å². The summed E-state index contributed by atoms with van der Waals surface area (Å²) in [4.78, 5) is 12.4. The highest BCUT2D eigenvalue weighted by molar-refractivity contribution is 5.85. The van der Waals surface area contributed by atoms with Gasteiger partial charge in [-0.3, -0.25) is 4.79 Å². The number of benzene rings is 2. The van der Waals surface area contributed by atoms with E-state index in [4.69, 9.17) is 9.47 Å². The summed E-state index contributed by atoms with van der Waals surface area (Å²) in [6, 6.07) is 12.1. The van der Waals surface area contributed by atoms with E-state index in [9.17, 15) is 4.79 Å². The van der Waals surface area contributed by atoms with Crippen molar-refractivity contribution < 1.29 is 14.3 Å². The maximum atomic E-state index is 12.4. The molecule has 3 heteroatoms. The van der Waals surface area contributed by atoms with Crippen LogP contribution in [0.3, 0.4) is 0 Å². The molecule has 122 valence electrons. The summed E-state index contributed by atoms with van der Waals surface area (Å²) in [5.41, 5.74) is 0.716. The second-order valence-corrected chi connectivity index (χ2v) is 7.41. The van der Waals surface area contributed by atoms with Crippen LogP contribution in [0.4, 0.5) is 0 Å². The predicted molar refractivity (Wildman–Crippen MR) is 91.5 cm³/mol. The Morgan fingerprint density at radius 1 is 1.09 bits per heavy atom. The van der Waals surface area contributed by atoms with Crippen LogP contribution in [0.15, 0.2) is 36.4 Å². The maximum Gasteiger partial charge on any atom is 0.312 e. The Kier molecular flexibility index (Phi) is 3.62. The Hall–Kier alpha value is -2.03. The fourth-order valence-corrected chi connectivity index (χ4v) is 3.17. The van der Waals surface area contributed by atoms with Crippen molar-refractivity contribution in [2.24, 2.45) is 10.8 Å². The lowest BCUT2D eigenvalue weighted by Crippen LogP contribution is -2.22. The minimum absolute atomic E-state index is 0.0454. The van der Waals surface area contributed by atoms with Crippen LogP contribution < -0.4 is 4.74 Å². The van der Waals surface area contributed by atoms with Crippen molar-refractivity contribution in [1.82, 2.24) is 0 Å². The van der Waals surface area contributed by atoms with Crippen LogP contribution >= 0.6 is 0 Å². The number of methoxy groups -OCH3 is 1. The molecule has 2 aromatic carbocycles. The van der Waals surface area contributed by atoms with Gasteiger partial charge in [-0.15, -0.1) is 0 Å². The van der Waals surface area contributed by atoms with Crippen molar-refractivity contribution in [3.63, 3.8) is 0 Å². The quantitative estimate of drug-likeness (QED) is 0.754. The van der Waals surface area contributed by atoms with Gasteiger partial charge in [0.15, 0.2) is 0 Å². The molecule has 1 aliphatic carbocycles. The Bertz CT molecular complexity index is 763. The second kappa shape index (κ2) is 5.26. The normalized spacial score (nSPS) is 23.3. The predicted octanol–water partition coefficient (Wildman–Crippen LogP) is 4.89. The SMILES string of the molecule is COc1ccc2cc(C(C)OC(=O)C3(C)CC3(C)C)ccc2c1. The first kappa shape index (κ1) is 15.9. The van der Waals surface area contributed by atoms with E-state index in [-0.39, 0.29) is 22.9 Å². The third-order valence-electron chi connectivity index (χ3n) is 5.44. The number of carbonyl (C=O) groups is 1. The highest BCUT2D eigenvalue weighted by Gasteiger charge is 2.64. The average molecular weight is 312 g/mol. The van der Waals surface area contributed by atoms with Gasteiger partial charge in [-0.25, -0.2) is 0 Å². The first-order valence-electron chi connectivity index (χ1n) is 8.06. The molecule has 3 rings (SSSR count). The fourth-order valence-electron chi connectivity index (χ4n) is 3.17. The van der Waals surface area contributed by atoms with Crippen LogP contribution in [-0.4, -0.2) is 13.1 Å². The lowest BCUT2D eigenvalue weighted by molar-refractivity contribution is -0.156. The van der Waals surface area contributed by atoms with Crippen molar-refractivity contribution in [3.8, 4) is 5.75 Å². The minimum atomic E-state index is -0.342. The third kappa shape index (κ3) is 2.69. The standard InChI is InChI=1S/C20H24O3/c1-13(23-18(21)20(4)12-19(20,2)3)14-6-7-16-11-17(22-5)9-8-15(16)10-14/h6-11,13H,12H2,1-5H3. The first-order chi connectivity index (χ1) is 10.8. The highest BCUT2D eigenvalue weighted by Crippen LogP contribution is 2.64. The molecule has 0 radical (unpaired) electrons. The van der Waals surface area contributed by atoms with Gasteiger partial charge in [0.2, 0.25) is 0 Å². The molecule has 0 spiro atoms. The molecule has 0 bridgehead atoms. The van der Waals surface area contributed by atoms with Gasteiger partial charge < -0.3 is 9.47 Å². The van der Waals surface area contributed by atoms with Gasteiger partial charge in [0, 0.05) is 0 Å². The van der Waals surface area contributed by atoms with Gasteiger partial charge in [-0.05, 0) is 60.2 Å². The summed E-state index contributed by atoms with van der Waals surface area (Å²) >= 11 is 0. The summed E-state index contributed by atoms with van der Waals surface area (Å²) in [7, 11) is 1.66. The number of hydrogen-bond donors (Lipinski definition) is 0. The molecule has 0 saturated heterocycles. The Balaban J connectivity index is 1.79. The number of esters is 1. The van der Waals surface area contributed by atoms with Gasteiger partial charge in [-0.1, -0.05) is 32.0 Å². The molecule has 0 aliphatic heterocycles. The van der Waals surface area contributed by atoms with Crippen LogP contribution in [0, 0.1) is 10.8 Å². The van der Waals surface area contributed by atoms with Crippen molar-refractivity contribution in [3.05, 3.63) is 42.0 Å². The zero-order chi connectivity index (χ0) is 16.8. The molecule has 0 amide bonds. The summed E-state index contributed by atoms with van der Waals surface area (Å²) in [6.07, 6.45) is 0.644. The summed E-state index contributed by atoms with van der Waals surface area (Å²) in [6.45, 7) is 8.15. The molecule has 1 saturated carbocycles. The molecular formula is C20H24O3. The average Bonchev–Trinajstić information content (AvgIpc) is 3.05. The Morgan fingerprint density at radius 3 is 2.30 bits per heavy atom. The van der Waals surface area contributed by atoms with Crippen LogP contribution in [0.2, 0.25) is 0 Å². The van der Waals surface area contributed by atoms with Crippen LogP contribution in [0.25, 0.3) is 10.8 Å². The van der Waals surface area contributed by atoms with E-state index in [1.807, 2.05) is 44.2 Å². The number of carbonyl (C=O) groups excluding carboxylic acids is 1. The van der Waals surface area contributed by atoms with E-state index in [0.29, 0.717) is 0 Å². The molecule has 0 N–H and O–H groups in total. The lowest BCUT2D eigenvalue weighted by Gasteiger charge is -2.19.